The van der Waals surface area contributed by atoms with Crippen LogP contribution < -0.4 is 10.0 Å². The summed E-state index contributed by atoms with van der Waals surface area (Å²) in [6.07, 6.45) is 1.24. The highest BCUT2D eigenvalue weighted by molar-refractivity contribution is 7.88. The summed E-state index contributed by atoms with van der Waals surface area (Å²) in [7, 11) is -2.20. The van der Waals surface area contributed by atoms with Crippen molar-refractivity contribution in [3.8, 4) is 0 Å². The van der Waals surface area contributed by atoms with Crippen LogP contribution in [0.25, 0.3) is 0 Å². The van der Waals surface area contributed by atoms with Crippen molar-refractivity contribution in [1.29, 1.82) is 0 Å². The number of fused-ring (bicyclic) bond motifs is 1. The fourth-order valence-electron chi connectivity index (χ4n) is 2.32. The highest BCUT2D eigenvalue weighted by Crippen LogP contribution is 2.40. The van der Waals surface area contributed by atoms with Gasteiger partial charge >= 0.3 is 5.97 Å². The van der Waals surface area contributed by atoms with Gasteiger partial charge in [0.1, 0.15) is 6.04 Å². The van der Waals surface area contributed by atoms with E-state index in [9.17, 15) is 13.2 Å². The molecule has 1 aliphatic heterocycles. The van der Waals surface area contributed by atoms with Gasteiger partial charge in [-0.25, -0.2) is 17.9 Å². The molecule has 116 valence electrons. The van der Waals surface area contributed by atoms with Gasteiger partial charge < -0.3 is 10.1 Å². The van der Waals surface area contributed by atoms with Crippen molar-refractivity contribution in [2.45, 2.75) is 18.5 Å². The number of halogens is 2. The first-order valence-electron chi connectivity index (χ1n) is 6.02. The van der Waals surface area contributed by atoms with Crippen molar-refractivity contribution in [2.75, 3.05) is 18.7 Å². The number of ether oxygens (including phenoxy) is 1. The Balaban J connectivity index is 2.48. The number of esters is 1. The van der Waals surface area contributed by atoms with Crippen LogP contribution in [-0.2, 0) is 19.6 Å². The number of carbonyl (C=O) groups excluding carboxylic acids is 1. The number of carbonyl (C=O) groups is 1. The number of hydrogen-bond donors (Lipinski definition) is 2. The molecule has 0 saturated carbocycles. The molecule has 2 N–H and O–H groups in total. The molecule has 0 unspecified atom stereocenters. The van der Waals surface area contributed by atoms with Crippen LogP contribution in [0.4, 0.5) is 5.69 Å². The molecule has 1 aliphatic rings. The molecular weight excluding hydrogens is 339 g/mol. The maximum atomic E-state index is 11.7. The van der Waals surface area contributed by atoms with Gasteiger partial charge in [0.2, 0.25) is 10.0 Å². The van der Waals surface area contributed by atoms with Gasteiger partial charge in [-0.2, -0.15) is 0 Å². The summed E-state index contributed by atoms with van der Waals surface area (Å²) >= 11 is 12.1. The van der Waals surface area contributed by atoms with Crippen molar-refractivity contribution in [3.05, 3.63) is 27.7 Å². The van der Waals surface area contributed by atoms with Crippen molar-refractivity contribution >= 4 is 44.9 Å². The monoisotopic (exact) mass is 352 g/mol. The topological polar surface area (TPSA) is 84.5 Å². The van der Waals surface area contributed by atoms with E-state index in [1.54, 1.807) is 6.07 Å². The van der Waals surface area contributed by atoms with E-state index in [1.807, 2.05) is 0 Å². The van der Waals surface area contributed by atoms with Gasteiger partial charge in [-0.1, -0.05) is 23.2 Å². The number of benzene rings is 1. The largest absolute Gasteiger partial charge is 0.467 e. The Morgan fingerprint density at radius 3 is 2.67 bits per heavy atom. The normalized spacial score (nSPS) is 21.3. The summed E-state index contributed by atoms with van der Waals surface area (Å²) in [5, 5.41) is 3.68. The van der Waals surface area contributed by atoms with Crippen LogP contribution in [0, 0.1) is 0 Å². The predicted molar refractivity (Wildman–Crippen MR) is 81.2 cm³/mol. The van der Waals surface area contributed by atoms with E-state index in [2.05, 4.69) is 10.0 Å². The molecule has 0 aromatic heterocycles. The van der Waals surface area contributed by atoms with Crippen LogP contribution in [0.5, 0.6) is 0 Å². The van der Waals surface area contributed by atoms with Crippen LogP contribution in [-0.4, -0.2) is 33.8 Å². The Hall–Kier alpha value is -1.02. The van der Waals surface area contributed by atoms with Crippen LogP contribution in [0.15, 0.2) is 12.1 Å². The molecule has 2 rings (SSSR count). The molecule has 0 aliphatic carbocycles. The second kappa shape index (κ2) is 6.00. The first-order valence-corrected chi connectivity index (χ1v) is 8.66. The van der Waals surface area contributed by atoms with Gasteiger partial charge in [0.15, 0.2) is 0 Å². The molecule has 0 amide bonds. The molecule has 0 bridgehead atoms. The standard InChI is InChI=1S/C12H14Cl2N2O4S/c1-20-12(17)10-5-9(16-21(2,18)19)11-7(14)3-6(13)4-8(11)15-10/h3-4,9-10,15-16H,5H2,1-2H3/t9-,10+/m0/s1. The molecule has 6 nitrogen and oxygen atoms in total. The summed E-state index contributed by atoms with van der Waals surface area (Å²) in [4.78, 5) is 11.7. The quantitative estimate of drug-likeness (QED) is 0.812. The van der Waals surface area contributed by atoms with Crippen LogP contribution in [0.2, 0.25) is 10.0 Å². The van der Waals surface area contributed by atoms with Crippen molar-refractivity contribution < 1.29 is 17.9 Å². The third-order valence-corrected chi connectivity index (χ3v) is 4.33. The molecule has 0 radical (unpaired) electrons. The Morgan fingerprint density at radius 1 is 1.43 bits per heavy atom. The summed E-state index contributed by atoms with van der Waals surface area (Å²) in [6.45, 7) is 0. The second-order valence-corrected chi connectivity index (χ2v) is 7.37. The first-order chi connectivity index (χ1) is 9.71. The molecular formula is C12H14Cl2N2O4S. The van der Waals surface area contributed by atoms with Crippen LogP contribution in [0.3, 0.4) is 0 Å². The van der Waals surface area contributed by atoms with E-state index in [4.69, 9.17) is 27.9 Å². The van der Waals surface area contributed by atoms with Gasteiger partial charge in [0.25, 0.3) is 0 Å². The van der Waals surface area contributed by atoms with E-state index in [1.165, 1.54) is 13.2 Å². The Bertz CT molecular complexity index is 678. The summed E-state index contributed by atoms with van der Waals surface area (Å²) in [5.41, 5.74) is 1.07. The molecule has 0 saturated heterocycles. The lowest BCUT2D eigenvalue weighted by Crippen LogP contribution is -2.41. The van der Waals surface area contributed by atoms with E-state index < -0.39 is 28.1 Å². The number of sulfonamides is 1. The smallest absolute Gasteiger partial charge is 0.328 e. The predicted octanol–water partition coefficient (Wildman–Crippen LogP) is 1.94. The lowest BCUT2D eigenvalue weighted by molar-refractivity contribution is -0.141. The molecule has 0 spiro atoms. The molecule has 9 heteroatoms. The number of anilines is 1. The Kier molecular flexibility index (Phi) is 4.67. The highest BCUT2D eigenvalue weighted by Gasteiger charge is 2.34. The van der Waals surface area contributed by atoms with E-state index in [0.717, 1.165) is 6.26 Å². The number of hydrogen-bond acceptors (Lipinski definition) is 5. The van der Waals surface area contributed by atoms with E-state index in [0.29, 0.717) is 21.3 Å². The van der Waals surface area contributed by atoms with E-state index in [-0.39, 0.29) is 6.42 Å². The maximum Gasteiger partial charge on any atom is 0.328 e. The number of nitrogens with one attached hydrogen (secondary N) is 2. The van der Waals surface area contributed by atoms with Crippen molar-refractivity contribution in [2.24, 2.45) is 0 Å². The van der Waals surface area contributed by atoms with Crippen molar-refractivity contribution in [3.63, 3.8) is 0 Å². The van der Waals surface area contributed by atoms with Gasteiger partial charge in [0, 0.05) is 21.3 Å². The minimum Gasteiger partial charge on any atom is -0.467 e. The molecule has 21 heavy (non-hydrogen) atoms. The zero-order valence-electron chi connectivity index (χ0n) is 11.3. The zero-order valence-corrected chi connectivity index (χ0v) is 13.6. The summed E-state index contributed by atoms with van der Waals surface area (Å²) in [5.74, 6) is -0.489. The van der Waals surface area contributed by atoms with Gasteiger partial charge in [-0.15, -0.1) is 0 Å². The van der Waals surface area contributed by atoms with Crippen molar-refractivity contribution in [1.82, 2.24) is 4.72 Å². The van der Waals surface area contributed by atoms with Gasteiger partial charge in [-0.3, -0.25) is 0 Å². The molecule has 1 aromatic rings. The zero-order chi connectivity index (χ0) is 15.8. The molecule has 2 atom stereocenters. The highest BCUT2D eigenvalue weighted by atomic mass is 35.5. The average molecular weight is 353 g/mol. The minimum absolute atomic E-state index is 0.189. The number of methoxy groups -OCH3 is 1. The Morgan fingerprint density at radius 2 is 2.10 bits per heavy atom. The lowest BCUT2D eigenvalue weighted by atomic mass is 9.93. The van der Waals surface area contributed by atoms with Gasteiger partial charge in [0.05, 0.1) is 19.4 Å². The van der Waals surface area contributed by atoms with Gasteiger partial charge in [-0.05, 0) is 18.6 Å². The summed E-state index contributed by atoms with van der Waals surface area (Å²) in [6, 6.07) is 1.80. The maximum absolute atomic E-state index is 11.7. The van der Waals surface area contributed by atoms with Crippen LogP contribution >= 0.6 is 23.2 Å². The fraction of sp³-hybridized carbons (Fsp3) is 0.417. The molecule has 1 aromatic carbocycles. The summed E-state index contributed by atoms with van der Waals surface area (Å²) < 4.78 is 30.2. The third kappa shape index (κ3) is 3.79. The SMILES string of the molecule is COC(=O)[C@H]1C[C@H](NS(C)(=O)=O)c2c(Cl)cc(Cl)cc2N1. The number of rotatable bonds is 3. The van der Waals surface area contributed by atoms with E-state index >= 15 is 0 Å². The molecule has 1 heterocycles. The second-order valence-electron chi connectivity index (χ2n) is 4.75. The minimum atomic E-state index is -3.47. The Labute approximate surface area is 132 Å². The molecule has 0 fully saturated rings. The van der Waals surface area contributed by atoms with Crippen LogP contribution in [0.1, 0.15) is 18.0 Å². The average Bonchev–Trinajstić information content (AvgIpc) is 2.34. The lowest BCUT2D eigenvalue weighted by Gasteiger charge is -2.32. The fourth-order valence-corrected chi connectivity index (χ4v) is 3.68. The third-order valence-electron chi connectivity index (χ3n) is 3.09. The first kappa shape index (κ1) is 16.4.